The molecule has 0 saturated carbocycles. The summed E-state index contributed by atoms with van der Waals surface area (Å²) in [6, 6.07) is 7.87. The normalized spacial score (nSPS) is 16.9. The Morgan fingerprint density at radius 2 is 2.04 bits per heavy atom. The van der Waals surface area contributed by atoms with Crippen molar-refractivity contribution in [3.63, 3.8) is 0 Å². The summed E-state index contributed by atoms with van der Waals surface area (Å²) in [6.45, 7) is 1.71. The van der Waals surface area contributed by atoms with Crippen LogP contribution in [0.2, 0.25) is 5.02 Å². The molecular formula is C18H19ClN6O. The summed E-state index contributed by atoms with van der Waals surface area (Å²) < 4.78 is 5.50. The molecule has 1 atom stereocenters. The van der Waals surface area contributed by atoms with Gasteiger partial charge in [-0.05, 0) is 18.6 Å². The molecule has 1 fully saturated rings. The van der Waals surface area contributed by atoms with Gasteiger partial charge in [0.05, 0.1) is 29.0 Å². The lowest BCUT2D eigenvalue weighted by molar-refractivity contribution is 0.360. The van der Waals surface area contributed by atoms with Crippen molar-refractivity contribution >= 4 is 23.1 Å². The van der Waals surface area contributed by atoms with Gasteiger partial charge in [-0.15, -0.1) is 0 Å². The highest BCUT2D eigenvalue weighted by atomic mass is 35.5. The quantitative estimate of drug-likeness (QED) is 0.698. The number of benzene rings is 1. The molecule has 8 heteroatoms. The Morgan fingerprint density at radius 3 is 2.77 bits per heavy atom. The van der Waals surface area contributed by atoms with E-state index in [9.17, 15) is 0 Å². The summed E-state index contributed by atoms with van der Waals surface area (Å²) >= 11 is 6.31. The lowest BCUT2D eigenvalue weighted by Gasteiger charge is -2.19. The smallest absolute Gasteiger partial charge is 0.231 e. The minimum absolute atomic E-state index is 0.182. The summed E-state index contributed by atoms with van der Waals surface area (Å²) in [5.41, 5.74) is 1.65. The predicted molar refractivity (Wildman–Crippen MR) is 101 cm³/mol. The molecule has 0 N–H and O–H groups in total. The van der Waals surface area contributed by atoms with E-state index in [0.29, 0.717) is 17.4 Å². The molecule has 1 aliphatic heterocycles. The van der Waals surface area contributed by atoms with E-state index in [1.54, 1.807) is 12.4 Å². The first-order chi connectivity index (χ1) is 12.6. The van der Waals surface area contributed by atoms with Gasteiger partial charge in [0.1, 0.15) is 11.5 Å². The number of rotatable bonds is 4. The van der Waals surface area contributed by atoms with Crippen molar-refractivity contribution < 1.29 is 4.52 Å². The van der Waals surface area contributed by atoms with Gasteiger partial charge in [-0.25, -0.2) is 9.97 Å². The maximum atomic E-state index is 6.31. The van der Waals surface area contributed by atoms with Crippen LogP contribution in [-0.2, 0) is 0 Å². The van der Waals surface area contributed by atoms with Crippen LogP contribution in [-0.4, -0.2) is 47.3 Å². The van der Waals surface area contributed by atoms with Gasteiger partial charge in [0, 0.05) is 27.2 Å². The summed E-state index contributed by atoms with van der Waals surface area (Å²) in [7, 11) is 3.84. The fourth-order valence-electron chi connectivity index (χ4n) is 3.06. The third-order valence-electron chi connectivity index (χ3n) is 4.50. The van der Waals surface area contributed by atoms with Gasteiger partial charge in [-0.1, -0.05) is 28.9 Å². The summed E-state index contributed by atoms with van der Waals surface area (Å²) in [5, 5.41) is 4.83. The van der Waals surface area contributed by atoms with Crippen molar-refractivity contribution in [2.45, 2.75) is 12.3 Å². The van der Waals surface area contributed by atoms with Gasteiger partial charge >= 0.3 is 0 Å². The van der Waals surface area contributed by atoms with Crippen LogP contribution in [0.4, 0.5) is 11.5 Å². The van der Waals surface area contributed by atoms with Crippen molar-refractivity contribution in [2.75, 3.05) is 37.0 Å². The van der Waals surface area contributed by atoms with Gasteiger partial charge < -0.3 is 14.3 Å². The monoisotopic (exact) mass is 370 g/mol. The van der Waals surface area contributed by atoms with Crippen molar-refractivity contribution in [1.82, 2.24) is 20.1 Å². The van der Waals surface area contributed by atoms with E-state index in [2.05, 4.69) is 25.0 Å². The molecular weight excluding hydrogens is 352 g/mol. The third-order valence-corrected chi connectivity index (χ3v) is 4.82. The fourth-order valence-corrected chi connectivity index (χ4v) is 3.32. The molecule has 26 heavy (non-hydrogen) atoms. The zero-order chi connectivity index (χ0) is 18.1. The van der Waals surface area contributed by atoms with Crippen molar-refractivity contribution in [2.24, 2.45) is 0 Å². The molecule has 2 aromatic heterocycles. The first-order valence-electron chi connectivity index (χ1n) is 8.44. The SMILES string of the molecule is CN(C)c1cnc(-c2noc(C3CCN(c4ccccc4Cl)C3)n2)cn1. The number of aromatic nitrogens is 4. The topological polar surface area (TPSA) is 71.2 Å². The molecule has 0 bridgehead atoms. The zero-order valence-electron chi connectivity index (χ0n) is 14.6. The molecule has 3 heterocycles. The Balaban J connectivity index is 1.49. The van der Waals surface area contributed by atoms with Crippen molar-refractivity contribution in [3.8, 4) is 11.5 Å². The van der Waals surface area contributed by atoms with Crippen molar-refractivity contribution in [3.05, 3.63) is 47.6 Å². The lowest BCUT2D eigenvalue weighted by Crippen LogP contribution is -2.19. The summed E-state index contributed by atoms with van der Waals surface area (Å²) in [5.74, 6) is 2.06. The van der Waals surface area contributed by atoms with Crippen LogP contribution >= 0.6 is 11.6 Å². The Kier molecular flexibility index (Phi) is 4.46. The molecule has 0 radical (unpaired) electrons. The average Bonchev–Trinajstić information content (AvgIpc) is 3.32. The Labute approximate surface area is 156 Å². The van der Waals surface area contributed by atoms with Gasteiger partial charge in [0.15, 0.2) is 0 Å². The van der Waals surface area contributed by atoms with Gasteiger partial charge in [-0.2, -0.15) is 4.98 Å². The minimum Gasteiger partial charge on any atom is -0.370 e. The maximum Gasteiger partial charge on any atom is 0.231 e. The van der Waals surface area contributed by atoms with Crippen LogP contribution in [0.1, 0.15) is 18.2 Å². The van der Waals surface area contributed by atoms with E-state index in [0.717, 1.165) is 36.0 Å². The number of anilines is 2. The molecule has 0 amide bonds. The maximum absolute atomic E-state index is 6.31. The number of nitrogens with zero attached hydrogens (tertiary/aromatic N) is 6. The fraction of sp³-hybridized carbons (Fsp3) is 0.333. The molecule has 1 aromatic carbocycles. The van der Waals surface area contributed by atoms with E-state index in [4.69, 9.17) is 16.1 Å². The van der Waals surface area contributed by atoms with Crippen LogP contribution in [0.25, 0.3) is 11.5 Å². The molecule has 1 saturated heterocycles. The highest BCUT2D eigenvalue weighted by Gasteiger charge is 2.29. The van der Waals surface area contributed by atoms with E-state index < -0.39 is 0 Å². The van der Waals surface area contributed by atoms with Gasteiger partial charge in [0.2, 0.25) is 11.7 Å². The van der Waals surface area contributed by atoms with Crippen LogP contribution < -0.4 is 9.80 Å². The van der Waals surface area contributed by atoms with E-state index in [1.165, 1.54) is 0 Å². The first kappa shape index (κ1) is 16.8. The summed E-state index contributed by atoms with van der Waals surface area (Å²) in [4.78, 5) is 17.4. The highest BCUT2D eigenvalue weighted by molar-refractivity contribution is 6.33. The average molecular weight is 371 g/mol. The number of para-hydroxylation sites is 1. The second kappa shape index (κ2) is 6.92. The number of hydrogen-bond acceptors (Lipinski definition) is 7. The molecule has 7 nitrogen and oxygen atoms in total. The van der Waals surface area contributed by atoms with Crippen molar-refractivity contribution in [1.29, 1.82) is 0 Å². The largest absolute Gasteiger partial charge is 0.370 e. The number of hydrogen-bond donors (Lipinski definition) is 0. The number of halogens is 1. The first-order valence-corrected chi connectivity index (χ1v) is 8.82. The molecule has 0 aliphatic carbocycles. The molecule has 1 aliphatic rings. The third kappa shape index (κ3) is 3.22. The predicted octanol–water partition coefficient (Wildman–Crippen LogP) is 3.24. The standard InChI is InChI=1S/C18H19ClN6O/c1-24(2)16-10-20-14(9-21-16)17-22-18(26-23-17)12-7-8-25(11-12)15-6-4-3-5-13(15)19/h3-6,9-10,12H,7-8,11H2,1-2H3. The Morgan fingerprint density at radius 1 is 1.19 bits per heavy atom. The second-order valence-electron chi connectivity index (χ2n) is 6.49. The Bertz CT molecular complexity index is 895. The summed E-state index contributed by atoms with van der Waals surface area (Å²) in [6.07, 6.45) is 4.30. The molecule has 4 rings (SSSR count). The van der Waals surface area contributed by atoms with Crippen LogP contribution in [0.15, 0.2) is 41.2 Å². The Hall–Kier alpha value is -2.67. The zero-order valence-corrected chi connectivity index (χ0v) is 15.4. The van der Waals surface area contributed by atoms with E-state index in [1.807, 2.05) is 43.3 Å². The molecule has 134 valence electrons. The van der Waals surface area contributed by atoms with E-state index >= 15 is 0 Å². The molecule has 3 aromatic rings. The van der Waals surface area contributed by atoms with E-state index in [-0.39, 0.29) is 5.92 Å². The lowest BCUT2D eigenvalue weighted by atomic mass is 10.1. The molecule has 0 spiro atoms. The van der Waals surface area contributed by atoms with Gasteiger partial charge in [0.25, 0.3) is 0 Å². The van der Waals surface area contributed by atoms with Crippen LogP contribution in [0, 0.1) is 0 Å². The van der Waals surface area contributed by atoms with Crippen LogP contribution in [0.5, 0.6) is 0 Å². The van der Waals surface area contributed by atoms with Gasteiger partial charge in [-0.3, -0.25) is 0 Å². The van der Waals surface area contributed by atoms with Crippen LogP contribution in [0.3, 0.4) is 0 Å². The second-order valence-corrected chi connectivity index (χ2v) is 6.90. The molecule has 1 unspecified atom stereocenters. The highest BCUT2D eigenvalue weighted by Crippen LogP contribution is 2.34. The minimum atomic E-state index is 0.182.